The molecule has 2 aromatic carbocycles. The summed E-state index contributed by atoms with van der Waals surface area (Å²) in [7, 11) is 1.56. The van der Waals surface area contributed by atoms with Gasteiger partial charge in [-0.3, -0.25) is 4.79 Å². The van der Waals surface area contributed by atoms with Crippen LogP contribution in [0.2, 0.25) is 0 Å². The first kappa shape index (κ1) is 17.5. The number of nitrogens with one attached hydrogen (secondary N) is 1. The number of hydrogen-bond donors (Lipinski definition) is 1. The van der Waals surface area contributed by atoms with Gasteiger partial charge in [0, 0.05) is 33.8 Å². The van der Waals surface area contributed by atoms with Crippen LogP contribution in [0, 0.1) is 6.92 Å². The largest absolute Gasteiger partial charge is 0.496 e. The van der Waals surface area contributed by atoms with E-state index in [1.54, 1.807) is 19.3 Å². The highest BCUT2D eigenvalue weighted by Crippen LogP contribution is 2.22. The molecule has 0 fully saturated rings. The van der Waals surface area contributed by atoms with E-state index in [4.69, 9.17) is 9.47 Å². The molecule has 0 unspecified atom stereocenters. The lowest BCUT2D eigenvalue weighted by Crippen LogP contribution is -2.13. The van der Waals surface area contributed by atoms with Crippen LogP contribution < -0.4 is 4.74 Å². The second kappa shape index (κ2) is 7.70. The summed E-state index contributed by atoms with van der Waals surface area (Å²) in [6.45, 7) is 1.52. The average Bonchev–Trinajstić information content (AvgIpc) is 3.00. The zero-order valence-corrected chi connectivity index (χ0v) is 14.6. The van der Waals surface area contributed by atoms with Crippen molar-refractivity contribution in [3.8, 4) is 5.75 Å². The Morgan fingerprint density at radius 3 is 2.62 bits per heavy atom. The van der Waals surface area contributed by atoms with E-state index in [9.17, 15) is 9.59 Å². The van der Waals surface area contributed by atoms with Crippen molar-refractivity contribution in [3.05, 3.63) is 71.4 Å². The molecule has 0 amide bonds. The number of carbonyl (C=O) groups is 2. The van der Waals surface area contributed by atoms with Crippen molar-refractivity contribution in [2.24, 2.45) is 0 Å². The summed E-state index contributed by atoms with van der Waals surface area (Å²) in [5.41, 5.74) is 2.96. The molecule has 0 saturated carbocycles. The second-order valence-electron chi connectivity index (χ2n) is 5.78. The van der Waals surface area contributed by atoms with Crippen LogP contribution in [0.25, 0.3) is 17.0 Å². The molecule has 0 radical (unpaired) electrons. The quantitative estimate of drug-likeness (QED) is 0.416. The predicted octanol–water partition coefficient (Wildman–Crippen LogP) is 3.92. The summed E-state index contributed by atoms with van der Waals surface area (Å²) in [6, 6.07) is 14.9. The maximum absolute atomic E-state index is 12.5. The number of H-pyrrole nitrogens is 1. The molecule has 1 N–H and O–H groups in total. The van der Waals surface area contributed by atoms with Crippen LogP contribution in [-0.4, -0.2) is 30.5 Å². The monoisotopic (exact) mass is 349 g/mol. The minimum absolute atomic E-state index is 0.237. The lowest BCUT2D eigenvalue weighted by atomic mass is 10.1. The Morgan fingerprint density at radius 1 is 1.08 bits per heavy atom. The van der Waals surface area contributed by atoms with E-state index < -0.39 is 5.97 Å². The summed E-state index contributed by atoms with van der Waals surface area (Å²) >= 11 is 0. The number of Topliss-reactive ketones (excluding diaryl/α,β-unsaturated/α-hetero) is 1. The van der Waals surface area contributed by atoms with Gasteiger partial charge in [0.05, 0.1) is 7.11 Å². The molecule has 1 aromatic heterocycles. The van der Waals surface area contributed by atoms with Crippen LogP contribution in [-0.2, 0) is 9.53 Å². The van der Waals surface area contributed by atoms with E-state index in [0.29, 0.717) is 11.3 Å². The number of carbonyl (C=O) groups excluding carboxylic acids is 2. The molecule has 5 heteroatoms. The summed E-state index contributed by atoms with van der Waals surface area (Å²) in [4.78, 5) is 27.6. The molecule has 0 atom stereocenters. The van der Waals surface area contributed by atoms with Crippen molar-refractivity contribution >= 4 is 28.7 Å². The highest BCUT2D eigenvalue weighted by atomic mass is 16.5. The number of ether oxygens (including phenoxy) is 2. The highest BCUT2D eigenvalue weighted by molar-refractivity contribution is 6.10. The normalized spacial score (nSPS) is 11.0. The predicted molar refractivity (Wildman–Crippen MR) is 100 cm³/mol. The van der Waals surface area contributed by atoms with E-state index >= 15 is 0 Å². The molecular formula is C21H19NO4. The standard InChI is InChI=1S/C21H19NO4/c1-14-21(16-8-4-5-9-17(16)22-14)18(23)13-26-20(24)12-11-15-7-3-6-10-19(15)25-2/h3-12,22H,13H2,1-2H3/b12-11+. The maximum Gasteiger partial charge on any atom is 0.331 e. The molecule has 0 aliphatic heterocycles. The molecule has 0 saturated heterocycles. The number of ketones is 1. The van der Waals surface area contributed by atoms with Crippen molar-refractivity contribution in [2.45, 2.75) is 6.92 Å². The fourth-order valence-corrected chi connectivity index (χ4v) is 2.85. The van der Waals surface area contributed by atoms with Gasteiger partial charge in [0.1, 0.15) is 5.75 Å². The summed E-state index contributed by atoms with van der Waals surface area (Å²) in [6.07, 6.45) is 2.88. The maximum atomic E-state index is 12.5. The minimum atomic E-state index is -0.582. The van der Waals surface area contributed by atoms with Crippen molar-refractivity contribution in [1.29, 1.82) is 0 Å². The first-order chi connectivity index (χ1) is 12.6. The van der Waals surface area contributed by atoms with Crippen LogP contribution in [0.15, 0.2) is 54.6 Å². The van der Waals surface area contributed by atoms with Crippen molar-refractivity contribution in [3.63, 3.8) is 0 Å². The lowest BCUT2D eigenvalue weighted by Gasteiger charge is -2.04. The zero-order chi connectivity index (χ0) is 18.5. The lowest BCUT2D eigenvalue weighted by molar-refractivity contribution is -0.136. The van der Waals surface area contributed by atoms with Crippen LogP contribution in [0.4, 0.5) is 0 Å². The van der Waals surface area contributed by atoms with E-state index in [2.05, 4.69) is 4.98 Å². The van der Waals surface area contributed by atoms with E-state index in [1.165, 1.54) is 6.08 Å². The Bertz CT molecular complexity index is 985. The minimum Gasteiger partial charge on any atom is -0.496 e. The summed E-state index contributed by atoms with van der Waals surface area (Å²) in [5.74, 6) is -0.164. The van der Waals surface area contributed by atoms with E-state index in [0.717, 1.165) is 22.2 Å². The van der Waals surface area contributed by atoms with Gasteiger partial charge in [-0.15, -0.1) is 0 Å². The third-order valence-corrected chi connectivity index (χ3v) is 4.06. The summed E-state index contributed by atoms with van der Waals surface area (Å²) < 4.78 is 10.3. The van der Waals surface area contributed by atoms with Gasteiger partial charge in [-0.25, -0.2) is 4.79 Å². The van der Waals surface area contributed by atoms with Gasteiger partial charge in [-0.1, -0.05) is 36.4 Å². The molecular weight excluding hydrogens is 330 g/mol. The van der Waals surface area contributed by atoms with Gasteiger partial charge in [0.15, 0.2) is 6.61 Å². The van der Waals surface area contributed by atoms with E-state index in [-0.39, 0.29) is 12.4 Å². The fraction of sp³-hybridized carbons (Fsp3) is 0.143. The molecule has 0 spiro atoms. The number of fused-ring (bicyclic) bond motifs is 1. The number of benzene rings is 2. The molecule has 0 aliphatic rings. The zero-order valence-electron chi connectivity index (χ0n) is 14.6. The highest BCUT2D eigenvalue weighted by Gasteiger charge is 2.16. The Labute approximate surface area is 151 Å². The van der Waals surface area contributed by atoms with Crippen LogP contribution in [0.3, 0.4) is 0 Å². The Kier molecular flexibility index (Phi) is 5.17. The molecule has 3 aromatic rings. The molecule has 5 nitrogen and oxygen atoms in total. The average molecular weight is 349 g/mol. The second-order valence-corrected chi connectivity index (χ2v) is 5.78. The van der Waals surface area contributed by atoms with Gasteiger partial charge in [-0.2, -0.15) is 0 Å². The van der Waals surface area contributed by atoms with Gasteiger partial charge in [0.2, 0.25) is 5.78 Å². The number of aromatic nitrogens is 1. The number of aryl methyl sites for hydroxylation is 1. The Hall–Kier alpha value is -3.34. The van der Waals surface area contributed by atoms with Crippen molar-refractivity contribution in [2.75, 3.05) is 13.7 Å². The van der Waals surface area contributed by atoms with Gasteiger partial charge >= 0.3 is 5.97 Å². The molecule has 3 rings (SSSR count). The SMILES string of the molecule is COc1ccccc1/C=C/C(=O)OCC(=O)c1c(C)[nH]c2ccccc12. The number of rotatable bonds is 6. The topological polar surface area (TPSA) is 68.4 Å². The van der Waals surface area contributed by atoms with Crippen LogP contribution >= 0.6 is 0 Å². The van der Waals surface area contributed by atoms with Gasteiger partial charge in [0.25, 0.3) is 0 Å². The first-order valence-corrected chi connectivity index (χ1v) is 8.18. The molecule has 1 heterocycles. The fourth-order valence-electron chi connectivity index (χ4n) is 2.85. The first-order valence-electron chi connectivity index (χ1n) is 8.18. The van der Waals surface area contributed by atoms with E-state index in [1.807, 2.05) is 49.4 Å². The molecule has 132 valence electrons. The number of esters is 1. The molecule has 26 heavy (non-hydrogen) atoms. The van der Waals surface area contributed by atoms with Gasteiger partial charge in [-0.05, 0) is 25.1 Å². The number of para-hydroxylation sites is 2. The molecule has 0 bridgehead atoms. The number of hydrogen-bond acceptors (Lipinski definition) is 4. The van der Waals surface area contributed by atoms with Gasteiger partial charge < -0.3 is 14.5 Å². The number of methoxy groups -OCH3 is 1. The van der Waals surface area contributed by atoms with Crippen LogP contribution in [0.5, 0.6) is 5.75 Å². The van der Waals surface area contributed by atoms with Crippen molar-refractivity contribution < 1.29 is 19.1 Å². The number of aromatic amines is 1. The smallest absolute Gasteiger partial charge is 0.331 e. The third kappa shape index (κ3) is 3.67. The Morgan fingerprint density at radius 2 is 1.81 bits per heavy atom. The van der Waals surface area contributed by atoms with Crippen LogP contribution in [0.1, 0.15) is 21.6 Å². The van der Waals surface area contributed by atoms with Crippen molar-refractivity contribution in [1.82, 2.24) is 4.98 Å². The summed E-state index contributed by atoms with van der Waals surface area (Å²) in [5, 5.41) is 0.829. The third-order valence-electron chi connectivity index (χ3n) is 4.06. The molecule has 0 aliphatic carbocycles. The Balaban J connectivity index is 1.66.